The van der Waals surface area contributed by atoms with E-state index in [0.717, 1.165) is 48.9 Å². The summed E-state index contributed by atoms with van der Waals surface area (Å²) >= 11 is 0. The fourth-order valence-corrected chi connectivity index (χ4v) is 3.42. The molecule has 0 radical (unpaired) electrons. The van der Waals surface area contributed by atoms with Gasteiger partial charge in [0.05, 0.1) is 5.56 Å². The molecule has 2 aromatic rings. The Bertz CT molecular complexity index is 802. The number of benzene rings is 2. The highest BCUT2D eigenvalue weighted by Gasteiger charge is 2.20. The van der Waals surface area contributed by atoms with E-state index in [0.29, 0.717) is 5.92 Å². The highest BCUT2D eigenvalue weighted by Crippen LogP contribution is 2.31. The van der Waals surface area contributed by atoms with Gasteiger partial charge in [-0.25, -0.2) is 18.0 Å². The van der Waals surface area contributed by atoms with Crippen LogP contribution in [0.4, 0.5) is 13.2 Å². The van der Waals surface area contributed by atoms with E-state index in [2.05, 4.69) is 6.92 Å². The Morgan fingerprint density at radius 2 is 1.73 bits per heavy atom. The third-order valence-electron chi connectivity index (χ3n) is 5.01. The molecule has 0 spiro atoms. The maximum absolute atomic E-state index is 14.3. The molecule has 0 aromatic heterocycles. The van der Waals surface area contributed by atoms with Crippen LogP contribution in [0.1, 0.15) is 50.0 Å². The standard InChI is InChI=1S/C21H21F3O2.H2/c1-13-2-4-14(5-3-13)10-15-6-8-17(19(23)11-15)21(25)26-16-7-9-18(22)20(24)12-16;/h6-9,11-14H,2-5,10H2,1H3;1H. The van der Waals surface area contributed by atoms with Crippen molar-refractivity contribution in [3.63, 3.8) is 0 Å². The van der Waals surface area contributed by atoms with Crippen molar-refractivity contribution in [3.8, 4) is 5.75 Å². The molecule has 0 atom stereocenters. The molecular weight excluding hydrogens is 341 g/mol. The number of carbonyl (C=O) groups excluding carboxylic acids is 1. The van der Waals surface area contributed by atoms with Crippen LogP contribution < -0.4 is 4.74 Å². The van der Waals surface area contributed by atoms with Crippen LogP contribution in [0, 0.1) is 29.3 Å². The molecule has 0 amide bonds. The van der Waals surface area contributed by atoms with E-state index in [1.54, 1.807) is 6.07 Å². The van der Waals surface area contributed by atoms with Gasteiger partial charge in [-0.15, -0.1) is 0 Å². The molecule has 0 heterocycles. The molecular formula is C21H23F3O2. The Balaban J connectivity index is 0.00000261. The van der Waals surface area contributed by atoms with E-state index < -0.39 is 23.4 Å². The molecule has 1 fully saturated rings. The smallest absolute Gasteiger partial charge is 0.346 e. The molecule has 0 N–H and O–H groups in total. The largest absolute Gasteiger partial charge is 0.423 e. The van der Waals surface area contributed by atoms with Gasteiger partial charge in [-0.05, 0) is 60.9 Å². The maximum Gasteiger partial charge on any atom is 0.346 e. The molecule has 1 aliphatic rings. The number of ether oxygens (including phenoxy) is 1. The van der Waals surface area contributed by atoms with Gasteiger partial charge >= 0.3 is 5.97 Å². The predicted molar refractivity (Wildman–Crippen MR) is 94.7 cm³/mol. The minimum Gasteiger partial charge on any atom is -0.423 e. The van der Waals surface area contributed by atoms with Gasteiger partial charge < -0.3 is 4.74 Å². The third-order valence-corrected chi connectivity index (χ3v) is 5.01. The Morgan fingerprint density at radius 1 is 1.00 bits per heavy atom. The average molecular weight is 364 g/mol. The highest BCUT2D eigenvalue weighted by atomic mass is 19.2. The summed E-state index contributed by atoms with van der Waals surface area (Å²) in [5.41, 5.74) is 0.627. The first kappa shape index (κ1) is 18.5. The molecule has 5 heteroatoms. The highest BCUT2D eigenvalue weighted by molar-refractivity contribution is 5.91. The Hall–Kier alpha value is -2.30. The zero-order valence-corrected chi connectivity index (χ0v) is 14.6. The molecule has 3 rings (SSSR count). The predicted octanol–water partition coefficient (Wildman–Crippen LogP) is 5.94. The Kier molecular flexibility index (Phi) is 5.64. The van der Waals surface area contributed by atoms with Gasteiger partial charge in [-0.3, -0.25) is 0 Å². The first-order valence-corrected chi connectivity index (χ1v) is 8.88. The van der Waals surface area contributed by atoms with Crippen LogP contribution in [0.25, 0.3) is 0 Å². The van der Waals surface area contributed by atoms with Crippen molar-refractivity contribution in [2.75, 3.05) is 0 Å². The number of esters is 1. The summed E-state index contributed by atoms with van der Waals surface area (Å²) in [6.45, 7) is 2.25. The minimum atomic E-state index is -1.13. The summed E-state index contributed by atoms with van der Waals surface area (Å²) in [6.07, 6.45) is 5.48. The number of halogens is 3. The van der Waals surface area contributed by atoms with E-state index in [-0.39, 0.29) is 12.7 Å². The van der Waals surface area contributed by atoms with E-state index in [9.17, 15) is 18.0 Å². The van der Waals surface area contributed by atoms with E-state index in [1.807, 2.05) is 0 Å². The maximum atomic E-state index is 14.3. The van der Waals surface area contributed by atoms with Gasteiger partial charge in [0, 0.05) is 7.49 Å². The summed E-state index contributed by atoms with van der Waals surface area (Å²) in [7, 11) is 0. The SMILES string of the molecule is CC1CCC(Cc2ccc(C(=O)Oc3ccc(F)c(F)c3)c(F)c2)CC1.[HH]. The number of carbonyl (C=O) groups is 1. The van der Waals surface area contributed by atoms with Crippen molar-refractivity contribution in [1.29, 1.82) is 0 Å². The minimum absolute atomic E-state index is 0. The zero-order chi connectivity index (χ0) is 18.7. The molecule has 0 aliphatic heterocycles. The van der Waals surface area contributed by atoms with Crippen molar-refractivity contribution in [2.24, 2.45) is 11.8 Å². The Labute approximate surface area is 152 Å². The normalized spacial score (nSPS) is 20.0. The fraction of sp³-hybridized carbons (Fsp3) is 0.381. The molecule has 1 aliphatic carbocycles. The second-order valence-electron chi connectivity index (χ2n) is 7.11. The molecule has 0 bridgehead atoms. The molecule has 1 saturated carbocycles. The van der Waals surface area contributed by atoms with Gasteiger partial charge in [0.2, 0.25) is 0 Å². The van der Waals surface area contributed by atoms with E-state index >= 15 is 0 Å². The second-order valence-corrected chi connectivity index (χ2v) is 7.11. The number of rotatable bonds is 4. The van der Waals surface area contributed by atoms with Crippen LogP contribution >= 0.6 is 0 Å². The lowest BCUT2D eigenvalue weighted by atomic mass is 9.80. The first-order valence-electron chi connectivity index (χ1n) is 8.88. The van der Waals surface area contributed by atoms with Gasteiger partial charge in [0.25, 0.3) is 0 Å². The first-order chi connectivity index (χ1) is 12.4. The number of hydrogen-bond acceptors (Lipinski definition) is 2. The molecule has 26 heavy (non-hydrogen) atoms. The second kappa shape index (κ2) is 7.94. The van der Waals surface area contributed by atoms with Crippen molar-refractivity contribution < 1.29 is 24.1 Å². The van der Waals surface area contributed by atoms with Crippen molar-refractivity contribution in [3.05, 3.63) is 65.0 Å². The summed E-state index contributed by atoms with van der Waals surface area (Å²) in [5.74, 6) is -2.65. The van der Waals surface area contributed by atoms with Crippen LogP contribution in [-0.2, 0) is 6.42 Å². The summed E-state index contributed by atoms with van der Waals surface area (Å²) in [5, 5.41) is 0. The van der Waals surface area contributed by atoms with Crippen LogP contribution in [-0.4, -0.2) is 5.97 Å². The summed E-state index contributed by atoms with van der Waals surface area (Å²) < 4.78 is 45.3. The average Bonchev–Trinajstić information content (AvgIpc) is 2.60. The van der Waals surface area contributed by atoms with Crippen LogP contribution in [0.2, 0.25) is 0 Å². The quantitative estimate of drug-likeness (QED) is 0.496. The molecule has 2 nitrogen and oxygen atoms in total. The number of hydrogen-bond donors (Lipinski definition) is 0. The van der Waals surface area contributed by atoms with E-state index in [1.165, 1.54) is 25.0 Å². The fourth-order valence-electron chi connectivity index (χ4n) is 3.42. The van der Waals surface area contributed by atoms with E-state index in [4.69, 9.17) is 4.74 Å². The topological polar surface area (TPSA) is 26.3 Å². The van der Waals surface area contributed by atoms with Crippen molar-refractivity contribution in [2.45, 2.75) is 39.0 Å². The molecule has 0 unspecified atom stereocenters. The third kappa shape index (κ3) is 4.45. The lowest BCUT2D eigenvalue weighted by Crippen LogP contribution is -2.15. The molecule has 0 saturated heterocycles. The van der Waals surface area contributed by atoms with Crippen molar-refractivity contribution in [1.82, 2.24) is 0 Å². The zero-order valence-electron chi connectivity index (χ0n) is 14.6. The monoisotopic (exact) mass is 364 g/mol. The summed E-state index contributed by atoms with van der Waals surface area (Å²) in [4.78, 5) is 12.1. The lowest BCUT2D eigenvalue weighted by Gasteiger charge is -2.26. The van der Waals surface area contributed by atoms with Gasteiger partial charge in [0.15, 0.2) is 11.6 Å². The van der Waals surface area contributed by atoms with Gasteiger partial charge in [0.1, 0.15) is 11.6 Å². The van der Waals surface area contributed by atoms with Crippen LogP contribution in [0.15, 0.2) is 36.4 Å². The van der Waals surface area contributed by atoms with Crippen molar-refractivity contribution >= 4 is 5.97 Å². The van der Waals surface area contributed by atoms with Gasteiger partial charge in [-0.2, -0.15) is 0 Å². The molecule has 140 valence electrons. The lowest BCUT2D eigenvalue weighted by molar-refractivity contribution is 0.0729. The van der Waals surface area contributed by atoms with Crippen LogP contribution in [0.5, 0.6) is 5.75 Å². The summed E-state index contributed by atoms with van der Waals surface area (Å²) in [6, 6.07) is 7.19. The van der Waals surface area contributed by atoms with Crippen LogP contribution in [0.3, 0.4) is 0 Å². The Morgan fingerprint density at radius 3 is 2.38 bits per heavy atom. The molecule has 2 aromatic carbocycles. The van der Waals surface area contributed by atoms with Gasteiger partial charge in [-0.1, -0.05) is 25.8 Å².